The molecule has 0 spiro atoms. The van der Waals surface area contributed by atoms with Crippen molar-refractivity contribution in [3.05, 3.63) is 100 Å². The molecule has 0 radical (unpaired) electrons. The number of anilines is 1. The van der Waals surface area contributed by atoms with Crippen LogP contribution in [0, 0.1) is 0 Å². The van der Waals surface area contributed by atoms with Gasteiger partial charge in [-0.3, -0.25) is 14.5 Å². The number of benzene rings is 3. The maximum absolute atomic E-state index is 13.3. The molecular weight excluding hydrogens is 456 g/mol. The first kappa shape index (κ1) is 21.4. The van der Waals surface area contributed by atoms with Gasteiger partial charge >= 0.3 is 5.91 Å². The standard InChI is InChI=1S/C26H19ClN2O3S/c1-2-15-8-13-19-20(14-15)33-26(28-19)29-22(16-6-4-3-5-7-16)21(24(31)25(29)32)23(30)17-9-11-18(27)12-10-17/h3-14,22,30H,2H2,1H3/t22-/m0/s1. The van der Waals surface area contributed by atoms with E-state index >= 15 is 0 Å². The molecule has 4 aromatic rings. The van der Waals surface area contributed by atoms with Crippen LogP contribution in [-0.2, 0) is 16.0 Å². The molecule has 5 rings (SSSR count). The monoisotopic (exact) mass is 474 g/mol. The lowest BCUT2D eigenvalue weighted by Gasteiger charge is -2.22. The van der Waals surface area contributed by atoms with Crippen LogP contribution in [0.4, 0.5) is 5.13 Å². The van der Waals surface area contributed by atoms with Crippen molar-refractivity contribution in [2.24, 2.45) is 0 Å². The van der Waals surface area contributed by atoms with E-state index in [4.69, 9.17) is 11.6 Å². The van der Waals surface area contributed by atoms with Gasteiger partial charge < -0.3 is 5.11 Å². The van der Waals surface area contributed by atoms with E-state index in [1.165, 1.54) is 21.8 Å². The van der Waals surface area contributed by atoms with Gasteiger partial charge in [0, 0.05) is 10.6 Å². The fourth-order valence-electron chi connectivity index (χ4n) is 4.02. The molecule has 0 unspecified atom stereocenters. The number of rotatable bonds is 4. The summed E-state index contributed by atoms with van der Waals surface area (Å²) in [7, 11) is 0. The number of thiazole rings is 1. The molecule has 1 aromatic heterocycles. The predicted octanol–water partition coefficient (Wildman–Crippen LogP) is 6.14. The Morgan fingerprint density at radius 1 is 1.06 bits per heavy atom. The van der Waals surface area contributed by atoms with E-state index in [2.05, 4.69) is 18.0 Å². The zero-order chi connectivity index (χ0) is 23.1. The van der Waals surface area contributed by atoms with E-state index in [1.54, 1.807) is 24.3 Å². The highest BCUT2D eigenvalue weighted by molar-refractivity contribution is 7.22. The second kappa shape index (κ2) is 8.46. The summed E-state index contributed by atoms with van der Waals surface area (Å²) in [6.07, 6.45) is 0.888. The second-order valence-corrected chi connectivity index (χ2v) is 9.18. The topological polar surface area (TPSA) is 70.5 Å². The number of hydrogen-bond donors (Lipinski definition) is 1. The van der Waals surface area contributed by atoms with Crippen LogP contribution < -0.4 is 4.90 Å². The highest BCUT2D eigenvalue weighted by Crippen LogP contribution is 2.44. The molecule has 1 aliphatic rings. The molecule has 0 aliphatic carbocycles. The quantitative estimate of drug-likeness (QED) is 0.219. The number of amides is 1. The van der Waals surface area contributed by atoms with Gasteiger partial charge in [-0.1, -0.05) is 66.3 Å². The van der Waals surface area contributed by atoms with E-state index in [-0.39, 0.29) is 11.3 Å². The Morgan fingerprint density at radius 2 is 1.79 bits per heavy atom. The third kappa shape index (κ3) is 3.71. The molecule has 0 saturated carbocycles. The molecule has 1 N–H and O–H groups in total. The second-order valence-electron chi connectivity index (χ2n) is 7.74. The molecule has 164 valence electrons. The first-order valence-corrected chi connectivity index (χ1v) is 11.7. The Bertz CT molecular complexity index is 1410. The SMILES string of the molecule is CCc1ccc2nc(N3C(=O)C(=O)C(=C(O)c4ccc(Cl)cc4)[C@@H]3c3ccccc3)sc2c1. The number of hydrogen-bond acceptors (Lipinski definition) is 5. The largest absolute Gasteiger partial charge is 0.507 e. The molecule has 5 nitrogen and oxygen atoms in total. The van der Waals surface area contributed by atoms with Crippen LogP contribution in [0.1, 0.15) is 29.7 Å². The number of nitrogens with zero attached hydrogens (tertiary/aromatic N) is 2. The highest BCUT2D eigenvalue weighted by atomic mass is 35.5. The third-order valence-corrected chi connectivity index (χ3v) is 7.00. The van der Waals surface area contributed by atoms with E-state index in [0.29, 0.717) is 21.3 Å². The fraction of sp³-hybridized carbons (Fsp3) is 0.115. The zero-order valence-electron chi connectivity index (χ0n) is 17.7. The number of aryl methyl sites for hydroxylation is 1. The molecule has 33 heavy (non-hydrogen) atoms. The summed E-state index contributed by atoms with van der Waals surface area (Å²) < 4.78 is 0.941. The molecule has 3 aromatic carbocycles. The molecule has 1 saturated heterocycles. The van der Waals surface area contributed by atoms with Crippen LogP contribution in [0.15, 0.2) is 78.4 Å². The van der Waals surface area contributed by atoms with Gasteiger partial charge in [-0.15, -0.1) is 0 Å². The number of halogens is 1. The minimum absolute atomic E-state index is 0.0297. The lowest BCUT2D eigenvalue weighted by Crippen LogP contribution is -2.29. The molecule has 0 bridgehead atoms. The van der Waals surface area contributed by atoms with Crippen molar-refractivity contribution in [1.29, 1.82) is 0 Å². The van der Waals surface area contributed by atoms with Gasteiger partial charge in [0.15, 0.2) is 5.13 Å². The zero-order valence-corrected chi connectivity index (χ0v) is 19.2. The van der Waals surface area contributed by atoms with Gasteiger partial charge in [0.1, 0.15) is 5.76 Å². The van der Waals surface area contributed by atoms with Crippen molar-refractivity contribution in [1.82, 2.24) is 4.98 Å². The van der Waals surface area contributed by atoms with Gasteiger partial charge in [0.2, 0.25) is 0 Å². The number of aliphatic hydroxyl groups excluding tert-OH is 1. The molecule has 1 atom stereocenters. The summed E-state index contributed by atoms with van der Waals surface area (Å²) in [5.41, 5.74) is 3.08. The van der Waals surface area contributed by atoms with Crippen molar-refractivity contribution in [2.75, 3.05) is 4.90 Å². The third-order valence-electron chi connectivity index (χ3n) is 5.73. The van der Waals surface area contributed by atoms with Crippen LogP contribution in [0.25, 0.3) is 16.0 Å². The Labute approximate surface area is 199 Å². The smallest absolute Gasteiger partial charge is 0.301 e. The number of aromatic nitrogens is 1. The lowest BCUT2D eigenvalue weighted by atomic mass is 9.95. The molecule has 1 amide bonds. The van der Waals surface area contributed by atoms with Crippen LogP contribution in [0.2, 0.25) is 5.02 Å². The number of aliphatic hydroxyl groups is 1. The fourth-order valence-corrected chi connectivity index (χ4v) is 5.21. The van der Waals surface area contributed by atoms with Gasteiger partial charge in [-0.05, 0) is 53.9 Å². The number of fused-ring (bicyclic) bond motifs is 1. The van der Waals surface area contributed by atoms with Crippen LogP contribution in [-0.4, -0.2) is 21.8 Å². The van der Waals surface area contributed by atoms with E-state index in [0.717, 1.165) is 16.6 Å². The van der Waals surface area contributed by atoms with Crippen LogP contribution >= 0.6 is 22.9 Å². The first-order chi connectivity index (χ1) is 16.0. The van der Waals surface area contributed by atoms with Crippen molar-refractivity contribution >= 4 is 55.7 Å². The number of carbonyl (C=O) groups is 2. The first-order valence-electron chi connectivity index (χ1n) is 10.5. The van der Waals surface area contributed by atoms with Crippen LogP contribution in [0.5, 0.6) is 0 Å². The minimum atomic E-state index is -0.798. The van der Waals surface area contributed by atoms with Gasteiger partial charge in [-0.2, -0.15) is 0 Å². The summed E-state index contributed by atoms with van der Waals surface area (Å²) in [6, 6.07) is 20.9. The van der Waals surface area contributed by atoms with Gasteiger partial charge in [0.25, 0.3) is 5.78 Å². The Morgan fingerprint density at radius 3 is 2.48 bits per heavy atom. The summed E-state index contributed by atoms with van der Waals surface area (Å²) in [4.78, 5) is 32.5. The Balaban J connectivity index is 1.71. The maximum atomic E-state index is 13.3. The molecule has 1 fully saturated rings. The summed E-state index contributed by atoms with van der Waals surface area (Å²) in [6.45, 7) is 2.08. The van der Waals surface area contributed by atoms with Crippen LogP contribution in [0.3, 0.4) is 0 Å². The number of Topliss-reactive ketones (excluding diaryl/α,β-unsaturated/α-hetero) is 1. The predicted molar refractivity (Wildman–Crippen MR) is 132 cm³/mol. The normalized spacial score (nSPS) is 17.8. The molecule has 2 heterocycles. The Hall–Kier alpha value is -3.48. The van der Waals surface area contributed by atoms with Crippen molar-refractivity contribution < 1.29 is 14.7 Å². The Kier molecular flexibility index (Phi) is 5.48. The van der Waals surface area contributed by atoms with Crippen molar-refractivity contribution in [3.8, 4) is 0 Å². The summed E-state index contributed by atoms with van der Waals surface area (Å²) in [5, 5.41) is 12.1. The average molecular weight is 475 g/mol. The minimum Gasteiger partial charge on any atom is -0.507 e. The maximum Gasteiger partial charge on any atom is 0.301 e. The number of carbonyl (C=O) groups excluding carboxylic acids is 2. The average Bonchev–Trinajstić information content (AvgIpc) is 3.37. The molecule has 1 aliphatic heterocycles. The van der Waals surface area contributed by atoms with Gasteiger partial charge in [0.05, 0.1) is 21.8 Å². The van der Waals surface area contributed by atoms with E-state index in [9.17, 15) is 14.7 Å². The highest BCUT2D eigenvalue weighted by Gasteiger charge is 2.48. The lowest BCUT2D eigenvalue weighted by molar-refractivity contribution is -0.132. The van der Waals surface area contributed by atoms with E-state index < -0.39 is 17.7 Å². The van der Waals surface area contributed by atoms with Crippen molar-refractivity contribution in [3.63, 3.8) is 0 Å². The molecular formula is C26H19ClN2O3S. The van der Waals surface area contributed by atoms with Gasteiger partial charge in [-0.25, -0.2) is 4.98 Å². The number of ketones is 1. The summed E-state index contributed by atoms with van der Waals surface area (Å²) in [5.74, 6) is -1.70. The van der Waals surface area contributed by atoms with Crippen molar-refractivity contribution in [2.45, 2.75) is 19.4 Å². The summed E-state index contributed by atoms with van der Waals surface area (Å²) >= 11 is 7.34. The van der Waals surface area contributed by atoms with E-state index in [1.807, 2.05) is 42.5 Å². The molecule has 7 heteroatoms.